The Morgan fingerprint density at radius 3 is 2.43 bits per heavy atom. The van der Waals surface area contributed by atoms with E-state index in [-0.39, 0.29) is 5.75 Å². The minimum absolute atomic E-state index is 0.274. The van der Waals surface area contributed by atoms with Gasteiger partial charge in [-0.2, -0.15) is 0 Å². The molecule has 2 N–H and O–H groups in total. The molecule has 0 atom stereocenters. The summed E-state index contributed by atoms with van der Waals surface area (Å²) in [5, 5.41) is 2.66. The molecule has 0 aliphatic carbocycles. The van der Waals surface area contributed by atoms with Crippen LogP contribution >= 0.6 is 0 Å². The molecule has 3 aromatic rings. The Bertz CT molecular complexity index is 995. The van der Waals surface area contributed by atoms with Crippen LogP contribution in [0.4, 0.5) is 4.79 Å². The molecule has 0 radical (unpaired) electrons. The lowest BCUT2D eigenvalue weighted by Gasteiger charge is -2.13. The van der Waals surface area contributed by atoms with Crippen molar-refractivity contribution in [2.24, 2.45) is 0 Å². The van der Waals surface area contributed by atoms with Crippen LogP contribution in [0.2, 0.25) is 0 Å². The van der Waals surface area contributed by atoms with Crippen molar-refractivity contribution in [3.8, 4) is 34.3 Å². The van der Waals surface area contributed by atoms with E-state index in [2.05, 4.69) is 20.3 Å². The predicted octanol–water partition coefficient (Wildman–Crippen LogP) is 2.78. The molecule has 0 bridgehead atoms. The van der Waals surface area contributed by atoms with Gasteiger partial charge in [-0.05, 0) is 18.6 Å². The molecule has 2 heterocycles. The maximum absolute atomic E-state index is 12.0. The Hall–Kier alpha value is -3.53. The summed E-state index contributed by atoms with van der Waals surface area (Å²) in [4.78, 5) is 23.9. The molecule has 1 amide bonds. The zero-order valence-electron chi connectivity index (χ0n) is 17.3. The van der Waals surface area contributed by atoms with Crippen LogP contribution in [0.1, 0.15) is 6.42 Å². The van der Waals surface area contributed by atoms with Gasteiger partial charge in [-0.3, -0.25) is 0 Å². The zero-order chi connectivity index (χ0) is 21.5. The standard InChI is InChI=1S/C20H24N4O6/c1-26-7-5-6-21-20(25)30-16-11-23-19-17(16)24-13(10-22-19)12-8-14(27-2)18(29-4)15(9-12)28-3/h8-11H,5-7H2,1-4H3,(H,21,25)(H,22,23). The van der Waals surface area contributed by atoms with Gasteiger partial charge in [0.2, 0.25) is 5.75 Å². The molecule has 10 heteroatoms. The number of carbonyl (C=O) groups excluding carboxylic acids is 1. The average molecular weight is 416 g/mol. The second-order valence-corrected chi connectivity index (χ2v) is 6.18. The highest BCUT2D eigenvalue weighted by Gasteiger charge is 2.17. The van der Waals surface area contributed by atoms with E-state index in [4.69, 9.17) is 23.7 Å². The van der Waals surface area contributed by atoms with Crippen molar-refractivity contribution >= 4 is 17.3 Å². The van der Waals surface area contributed by atoms with Crippen LogP contribution < -0.4 is 24.3 Å². The first-order chi connectivity index (χ1) is 14.6. The van der Waals surface area contributed by atoms with Gasteiger partial charge in [0, 0.05) is 32.0 Å². The normalized spacial score (nSPS) is 10.7. The molecule has 1 aromatic carbocycles. The van der Waals surface area contributed by atoms with Crippen molar-refractivity contribution in [1.82, 2.24) is 20.3 Å². The van der Waals surface area contributed by atoms with Crippen LogP contribution in [-0.2, 0) is 4.74 Å². The maximum Gasteiger partial charge on any atom is 0.412 e. The quantitative estimate of drug-likeness (QED) is 0.512. The Labute approximate surface area is 173 Å². The van der Waals surface area contributed by atoms with Crippen LogP contribution in [-0.4, -0.2) is 62.6 Å². The summed E-state index contributed by atoms with van der Waals surface area (Å²) in [7, 11) is 6.22. The number of aromatic nitrogens is 3. The van der Waals surface area contributed by atoms with Gasteiger partial charge in [0.15, 0.2) is 28.4 Å². The number of methoxy groups -OCH3 is 4. The molecule has 30 heavy (non-hydrogen) atoms. The van der Waals surface area contributed by atoms with Gasteiger partial charge in [0.25, 0.3) is 0 Å². The molecule has 160 valence electrons. The number of amides is 1. The van der Waals surface area contributed by atoms with Gasteiger partial charge in [0.05, 0.1) is 33.2 Å². The smallest absolute Gasteiger partial charge is 0.412 e. The number of carbonyl (C=O) groups is 1. The van der Waals surface area contributed by atoms with Crippen molar-refractivity contribution in [1.29, 1.82) is 0 Å². The van der Waals surface area contributed by atoms with E-state index >= 15 is 0 Å². The summed E-state index contributed by atoms with van der Waals surface area (Å²) in [6.45, 7) is 0.994. The molecule has 0 unspecified atom stereocenters. The van der Waals surface area contributed by atoms with E-state index < -0.39 is 6.09 Å². The van der Waals surface area contributed by atoms with Crippen molar-refractivity contribution in [3.05, 3.63) is 24.5 Å². The molecule has 2 aromatic heterocycles. The number of nitrogens with one attached hydrogen (secondary N) is 2. The monoisotopic (exact) mass is 416 g/mol. The van der Waals surface area contributed by atoms with E-state index in [1.807, 2.05) is 0 Å². The molecule has 0 aliphatic rings. The number of benzene rings is 1. The number of nitrogens with zero attached hydrogens (tertiary/aromatic N) is 2. The molecule has 0 fully saturated rings. The second kappa shape index (κ2) is 9.79. The lowest BCUT2D eigenvalue weighted by Crippen LogP contribution is -2.28. The SMILES string of the molecule is COCCCNC(=O)Oc1c[nH]c2ncc(-c3cc(OC)c(OC)c(OC)c3)nc12. The molecular formula is C20H24N4O6. The minimum Gasteiger partial charge on any atom is -0.493 e. The summed E-state index contributed by atoms with van der Waals surface area (Å²) < 4.78 is 26.5. The summed E-state index contributed by atoms with van der Waals surface area (Å²) in [5.41, 5.74) is 2.17. The zero-order valence-corrected chi connectivity index (χ0v) is 17.3. The van der Waals surface area contributed by atoms with Crippen LogP contribution in [0.15, 0.2) is 24.5 Å². The molecule has 0 aliphatic heterocycles. The fraction of sp³-hybridized carbons (Fsp3) is 0.350. The fourth-order valence-corrected chi connectivity index (χ4v) is 2.86. The number of aromatic amines is 1. The average Bonchev–Trinajstić information content (AvgIpc) is 3.17. The first-order valence-electron chi connectivity index (χ1n) is 9.20. The number of fused-ring (bicyclic) bond motifs is 1. The van der Waals surface area contributed by atoms with Gasteiger partial charge < -0.3 is 34.0 Å². The van der Waals surface area contributed by atoms with E-state index in [0.717, 1.165) is 0 Å². The van der Waals surface area contributed by atoms with Crippen molar-refractivity contribution < 1.29 is 28.5 Å². The van der Waals surface area contributed by atoms with Gasteiger partial charge in [-0.1, -0.05) is 0 Å². The third kappa shape index (κ3) is 4.54. The number of rotatable bonds is 9. The highest BCUT2D eigenvalue weighted by molar-refractivity contribution is 5.84. The van der Waals surface area contributed by atoms with Crippen LogP contribution in [0.25, 0.3) is 22.4 Å². The Balaban J connectivity index is 1.88. The van der Waals surface area contributed by atoms with E-state index in [0.29, 0.717) is 59.2 Å². The number of ether oxygens (including phenoxy) is 5. The van der Waals surface area contributed by atoms with Crippen molar-refractivity contribution in [3.63, 3.8) is 0 Å². The Kier molecular flexibility index (Phi) is 6.91. The molecule has 0 saturated carbocycles. The molecule has 0 saturated heterocycles. The lowest BCUT2D eigenvalue weighted by molar-refractivity contribution is 0.186. The van der Waals surface area contributed by atoms with E-state index in [1.165, 1.54) is 7.11 Å². The van der Waals surface area contributed by atoms with Gasteiger partial charge >= 0.3 is 6.09 Å². The Morgan fingerprint density at radius 1 is 1.07 bits per heavy atom. The number of hydrogen-bond acceptors (Lipinski definition) is 8. The van der Waals surface area contributed by atoms with E-state index in [1.54, 1.807) is 45.9 Å². The van der Waals surface area contributed by atoms with Crippen molar-refractivity contribution in [2.45, 2.75) is 6.42 Å². The molecule has 3 rings (SSSR count). The largest absolute Gasteiger partial charge is 0.493 e. The maximum atomic E-state index is 12.0. The summed E-state index contributed by atoms with van der Waals surface area (Å²) in [6, 6.07) is 3.54. The fourth-order valence-electron chi connectivity index (χ4n) is 2.86. The van der Waals surface area contributed by atoms with Crippen molar-refractivity contribution in [2.75, 3.05) is 41.6 Å². The van der Waals surface area contributed by atoms with Crippen LogP contribution in [0.3, 0.4) is 0 Å². The van der Waals surface area contributed by atoms with E-state index in [9.17, 15) is 4.79 Å². The summed E-state index contributed by atoms with van der Waals surface area (Å²) in [6.07, 6.45) is 3.25. The number of H-pyrrole nitrogens is 1. The third-order valence-corrected chi connectivity index (χ3v) is 4.30. The van der Waals surface area contributed by atoms with Gasteiger partial charge in [0.1, 0.15) is 0 Å². The minimum atomic E-state index is -0.577. The number of hydrogen-bond donors (Lipinski definition) is 2. The topological polar surface area (TPSA) is 117 Å². The third-order valence-electron chi connectivity index (χ3n) is 4.30. The lowest BCUT2D eigenvalue weighted by atomic mass is 10.1. The first-order valence-corrected chi connectivity index (χ1v) is 9.20. The van der Waals surface area contributed by atoms with Crippen LogP contribution in [0.5, 0.6) is 23.0 Å². The summed E-state index contributed by atoms with van der Waals surface area (Å²) >= 11 is 0. The van der Waals surface area contributed by atoms with Gasteiger partial charge in [-0.25, -0.2) is 14.8 Å². The van der Waals surface area contributed by atoms with Crippen LogP contribution in [0, 0.1) is 0 Å². The summed E-state index contributed by atoms with van der Waals surface area (Å²) in [5.74, 6) is 1.74. The predicted molar refractivity (Wildman–Crippen MR) is 110 cm³/mol. The first kappa shape index (κ1) is 21.2. The molecule has 0 spiro atoms. The second-order valence-electron chi connectivity index (χ2n) is 6.18. The highest BCUT2D eigenvalue weighted by atomic mass is 16.6. The Morgan fingerprint density at radius 2 is 1.80 bits per heavy atom. The van der Waals surface area contributed by atoms with Gasteiger partial charge in [-0.15, -0.1) is 0 Å². The highest BCUT2D eigenvalue weighted by Crippen LogP contribution is 2.41. The molecule has 10 nitrogen and oxygen atoms in total. The molecular weight excluding hydrogens is 392 g/mol.